The summed E-state index contributed by atoms with van der Waals surface area (Å²) in [5, 5.41) is 0. The summed E-state index contributed by atoms with van der Waals surface area (Å²) in [6.07, 6.45) is 10.1. The third kappa shape index (κ3) is 8.37. The molecule has 13 heteroatoms. The highest BCUT2D eigenvalue weighted by atomic mass is 32.2. The Morgan fingerprint density at radius 2 is 1.48 bits per heavy atom. The van der Waals surface area contributed by atoms with Crippen LogP contribution in [0.3, 0.4) is 0 Å². The first kappa shape index (κ1) is 36.6. The van der Waals surface area contributed by atoms with Crippen molar-refractivity contribution in [2.75, 3.05) is 30.3 Å². The maximum atomic E-state index is 13.5. The molecule has 0 aliphatic heterocycles. The van der Waals surface area contributed by atoms with Crippen LogP contribution in [-0.4, -0.2) is 48.5 Å². The van der Waals surface area contributed by atoms with Crippen molar-refractivity contribution < 1.29 is 33.0 Å². The van der Waals surface area contributed by atoms with Gasteiger partial charge in [-0.05, 0) is 98.3 Å². The first-order chi connectivity index (χ1) is 26.4. The number of carbonyl (C=O) groups excluding carboxylic acids is 2. The van der Waals surface area contributed by atoms with E-state index < -0.39 is 11.9 Å². The molecule has 4 aromatic carbocycles. The van der Waals surface area contributed by atoms with Gasteiger partial charge < -0.3 is 33.2 Å². The molecule has 276 valence electrons. The molecule has 0 spiro atoms. The van der Waals surface area contributed by atoms with E-state index in [1.54, 1.807) is 79.4 Å². The van der Waals surface area contributed by atoms with Gasteiger partial charge in [0.1, 0.15) is 11.5 Å². The van der Waals surface area contributed by atoms with Gasteiger partial charge in [-0.25, -0.2) is 14.6 Å². The maximum absolute atomic E-state index is 13.5. The van der Waals surface area contributed by atoms with Crippen molar-refractivity contribution in [3.63, 3.8) is 0 Å². The van der Waals surface area contributed by atoms with Crippen molar-refractivity contribution in [3.05, 3.63) is 131 Å². The molecular formula is C41H38N4O7S2. The number of esters is 2. The first-order valence-corrected chi connectivity index (χ1v) is 19.4. The average Bonchev–Trinajstić information content (AvgIpc) is 3.92. The summed E-state index contributed by atoms with van der Waals surface area (Å²) in [4.78, 5) is 41.3. The number of hydrogen-bond donors (Lipinski definition) is 0. The number of benzene rings is 4. The molecule has 0 radical (unpaired) electrons. The van der Waals surface area contributed by atoms with Gasteiger partial charge in [-0.15, -0.1) is 23.1 Å². The molecule has 0 atom stereocenters. The number of thioether (sulfide) groups is 1. The minimum Gasteiger partial charge on any atom is -0.496 e. The highest BCUT2D eigenvalue weighted by Gasteiger charge is 2.24. The van der Waals surface area contributed by atoms with E-state index in [0.717, 1.165) is 51.8 Å². The summed E-state index contributed by atoms with van der Waals surface area (Å²) in [5.74, 6) is 1.14. The second-order valence-corrected chi connectivity index (χ2v) is 14.2. The Morgan fingerprint density at radius 1 is 0.778 bits per heavy atom. The van der Waals surface area contributed by atoms with Gasteiger partial charge in [0, 0.05) is 39.9 Å². The number of aromatic nitrogens is 2. The van der Waals surface area contributed by atoms with E-state index >= 15 is 0 Å². The van der Waals surface area contributed by atoms with E-state index in [0.29, 0.717) is 36.0 Å². The standard InChI is InChI=1S/C41H38N4O7S2/c1-48-36-16-14-31(19-38(36)51-33-8-5-9-33)44(23-34-21-42-25-50-34)30-7-4-6-28(18-30)41(47)52-40(46)27-10-12-29(13-11-27)45(24-35-22-43-26-54-35)32-15-17-37(49-2)39(20-32)53-3/h4,6-7,10-22,25-26,33H,5,8-9,23-24H2,1-3H3. The minimum absolute atomic E-state index is 0.146. The topological polar surface area (TPSA) is 116 Å². The number of rotatable bonds is 15. The van der Waals surface area contributed by atoms with E-state index in [2.05, 4.69) is 20.9 Å². The fourth-order valence-corrected chi connectivity index (χ4v) is 7.16. The number of ether oxygens (including phenoxy) is 4. The zero-order valence-electron chi connectivity index (χ0n) is 30.0. The molecule has 11 nitrogen and oxygen atoms in total. The van der Waals surface area contributed by atoms with Gasteiger partial charge in [0.2, 0.25) is 0 Å². The van der Waals surface area contributed by atoms with Crippen LogP contribution in [0, 0.1) is 0 Å². The van der Waals surface area contributed by atoms with Crippen molar-refractivity contribution in [1.82, 2.24) is 9.97 Å². The van der Waals surface area contributed by atoms with Crippen LogP contribution >= 0.6 is 23.1 Å². The number of methoxy groups -OCH3 is 2. The van der Waals surface area contributed by atoms with Gasteiger partial charge >= 0.3 is 11.9 Å². The summed E-state index contributed by atoms with van der Waals surface area (Å²) >= 11 is 3.16. The molecule has 1 aliphatic carbocycles. The monoisotopic (exact) mass is 762 g/mol. The van der Waals surface area contributed by atoms with E-state index in [1.807, 2.05) is 65.9 Å². The third-order valence-corrected chi connectivity index (χ3v) is 10.6. The van der Waals surface area contributed by atoms with Gasteiger partial charge in [0.25, 0.3) is 0 Å². The van der Waals surface area contributed by atoms with Crippen molar-refractivity contribution in [2.24, 2.45) is 0 Å². The average molecular weight is 763 g/mol. The molecule has 1 saturated carbocycles. The molecule has 0 unspecified atom stereocenters. The lowest BCUT2D eigenvalue weighted by molar-refractivity contribution is 0.0397. The van der Waals surface area contributed by atoms with Crippen LogP contribution in [0.15, 0.2) is 119 Å². The summed E-state index contributed by atoms with van der Waals surface area (Å²) < 4.78 is 28.4. The molecule has 1 fully saturated rings. The van der Waals surface area contributed by atoms with Crippen molar-refractivity contribution >= 4 is 57.8 Å². The Hall–Kier alpha value is -5.79. The fraction of sp³-hybridized carbons (Fsp3) is 0.220. The molecule has 2 heterocycles. The summed E-state index contributed by atoms with van der Waals surface area (Å²) in [6, 6.07) is 25.6. The smallest absolute Gasteiger partial charge is 0.346 e. The molecule has 6 aromatic rings. The second-order valence-electron chi connectivity index (χ2n) is 12.4. The number of carbonyl (C=O) groups is 2. The molecule has 2 aromatic heterocycles. The van der Waals surface area contributed by atoms with Crippen LogP contribution in [0.25, 0.3) is 0 Å². The van der Waals surface area contributed by atoms with Crippen LogP contribution in [0.5, 0.6) is 17.2 Å². The lowest BCUT2D eigenvalue weighted by Gasteiger charge is -2.29. The molecular weight excluding hydrogens is 725 g/mol. The Labute approximate surface area is 321 Å². The normalized spacial score (nSPS) is 12.4. The number of thiazole rings is 1. The van der Waals surface area contributed by atoms with E-state index in [-0.39, 0.29) is 17.2 Å². The van der Waals surface area contributed by atoms with Crippen LogP contribution in [0.1, 0.15) is 50.6 Å². The van der Waals surface area contributed by atoms with Gasteiger partial charge in [0.15, 0.2) is 17.9 Å². The van der Waals surface area contributed by atoms with E-state index in [9.17, 15) is 9.59 Å². The summed E-state index contributed by atoms with van der Waals surface area (Å²) in [6.45, 7) is 0.885. The molecule has 54 heavy (non-hydrogen) atoms. The zero-order chi connectivity index (χ0) is 37.4. The van der Waals surface area contributed by atoms with Crippen LogP contribution in [0.4, 0.5) is 22.7 Å². The van der Waals surface area contributed by atoms with Crippen molar-refractivity contribution in [1.29, 1.82) is 0 Å². The van der Waals surface area contributed by atoms with Gasteiger partial charge in [0.05, 0.1) is 61.1 Å². The Morgan fingerprint density at radius 3 is 2.15 bits per heavy atom. The van der Waals surface area contributed by atoms with E-state index in [4.69, 9.17) is 23.4 Å². The zero-order valence-corrected chi connectivity index (χ0v) is 31.6. The summed E-state index contributed by atoms with van der Waals surface area (Å²) in [5.41, 5.74) is 5.50. The van der Waals surface area contributed by atoms with Gasteiger partial charge in [-0.2, -0.15) is 0 Å². The third-order valence-electron chi connectivity index (χ3n) is 9.07. The summed E-state index contributed by atoms with van der Waals surface area (Å²) in [7, 11) is 3.27. The predicted octanol–water partition coefficient (Wildman–Crippen LogP) is 9.48. The quantitative estimate of drug-likeness (QED) is 0.0564. The Balaban J connectivity index is 1.10. The van der Waals surface area contributed by atoms with Crippen LogP contribution < -0.4 is 24.0 Å². The Bertz CT molecular complexity index is 2190. The lowest BCUT2D eigenvalue weighted by Crippen LogP contribution is -2.25. The van der Waals surface area contributed by atoms with Crippen molar-refractivity contribution in [3.8, 4) is 17.2 Å². The molecule has 0 bridgehead atoms. The largest absolute Gasteiger partial charge is 0.496 e. The fourth-order valence-electron chi connectivity index (χ4n) is 5.98. The van der Waals surface area contributed by atoms with Gasteiger partial charge in [-0.3, -0.25) is 4.98 Å². The van der Waals surface area contributed by atoms with Crippen LogP contribution in [0.2, 0.25) is 0 Å². The number of nitrogens with zero attached hydrogens (tertiary/aromatic N) is 4. The van der Waals surface area contributed by atoms with Gasteiger partial charge in [-0.1, -0.05) is 6.07 Å². The molecule has 1 aliphatic rings. The van der Waals surface area contributed by atoms with E-state index in [1.165, 1.54) is 6.39 Å². The second kappa shape index (κ2) is 16.9. The molecule has 7 rings (SSSR count). The number of oxazole rings is 1. The first-order valence-electron chi connectivity index (χ1n) is 17.3. The highest BCUT2D eigenvalue weighted by Crippen LogP contribution is 2.39. The molecule has 0 amide bonds. The number of hydrogen-bond acceptors (Lipinski definition) is 13. The highest BCUT2D eigenvalue weighted by molar-refractivity contribution is 7.98. The maximum Gasteiger partial charge on any atom is 0.346 e. The Kier molecular flexibility index (Phi) is 11.5. The molecule has 0 saturated heterocycles. The predicted molar refractivity (Wildman–Crippen MR) is 209 cm³/mol. The lowest BCUT2D eigenvalue weighted by atomic mass is 9.96. The molecule has 0 N–H and O–H groups in total. The SMILES string of the molecule is COc1ccc(N(Cc2cnco2)c2cccc(C(=O)OC(=O)c3ccc(N(Cc4cncs4)c4ccc(OC)c(SC)c4)cc3)c2)cc1OC1CCC1. The number of anilines is 4. The van der Waals surface area contributed by atoms with Crippen molar-refractivity contribution in [2.45, 2.75) is 43.4 Å². The minimum atomic E-state index is -0.774. The van der Waals surface area contributed by atoms with Crippen LogP contribution in [-0.2, 0) is 17.8 Å².